The number of carbonyl (C=O) groups is 1. The van der Waals surface area contributed by atoms with Crippen molar-refractivity contribution in [2.75, 3.05) is 18.5 Å². The molecule has 1 fully saturated rings. The number of fused-ring (bicyclic) bond motifs is 5. The minimum Gasteiger partial charge on any atom is -0.489 e. The molecule has 2 aromatic rings. The van der Waals surface area contributed by atoms with E-state index in [2.05, 4.69) is 10.3 Å². The van der Waals surface area contributed by atoms with Gasteiger partial charge in [-0.05, 0) is 43.7 Å². The third-order valence-corrected chi connectivity index (χ3v) is 8.11. The molecule has 0 spiro atoms. The van der Waals surface area contributed by atoms with E-state index >= 15 is 0 Å². The van der Waals surface area contributed by atoms with Gasteiger partial charge >= 0.3 is 6.18 Å². The van der Waals surface area contributed by atoms with Crippen LogP contribution in [0.15, 0.2) is 59.3 Å². The van der Waals surface area contributed by atoms with E-state index in [1.54, 1.807) is 19.2 Å². The van der Waals surface area contributed by atoms with Crippen molar-refractivity contribution in [1.82, 2.24) is 9.88 Å². The zero-order chi connectivity index (χ0) is 27.1. The van der Waals surface area contributed by atoms with Gasteiger partial charge in [0.15, 0.2) is 0 Å². The van der Waals surface area contributed by atoms with Crippen LogP contribution in [0.3, 0.4) is 0 Å². The number of β-amino-alcohol motifs (C(OH)–C–C–N with tert-alkyl or cyclic N) is 1. The lowest BCUT2D eigenvalue weighted by Crippen LogP contribution is -2.46. The smallest absolute Gasteiger partial charge is 0.416 e. The van der Waals surface area contributed by atoms with Gasteiger partial charge in [-0.3, -0.25) is 9.79 Å². The molecule has 1 saturated carbocycles. The SMILES string of the molecule is CC12C=C(C(F)(F)F)C=CC1N(CCO)C(C1C3Oc4ccc(Oc5ccnc6c5CCC(=O)N6)cc4C31)=N2. The molecule has 2 N–H and O–H groups in total. The molecule has 5 aliphatic rings. The molecule has 8 nitrogen and oxygen atoms in total. The predicted octanol–water partition coefficient (Wildman–Crippen LogP) is 4.13. The van der Waals surface area contributed by atoms with Crippen LogP contribution < -0.4 is 14.8 Å². The highest BCUT2D eigenvalue weighted by Crippen LogP contribution is 2.61. The summed E-state index contributed by atoms with van der Waals surface area (Å²) in [5, 5.41) is 12.5. The maximum atomic E-state index is 13.5. The van der Waals surface area contributed by atoms with Crippen LogP contribution in [0.25, 0.3) is 0 Å². The van der Waals surface area contributed by atoms with Gasteiger partial charge in [0.05, 0.1) is 24.1 Å². The Morgan fingerprint density at radius 1 is 1.26 bits per heavy atom. The van der Waals surface area contributed by atoms with Gasteiger partial charge in [-0.1, -0.05) is 12.2 Å². The minimum absolute atomic E-state index is 0.0204. The van der Waals surface area contributed by atoms with Crippen LogP contribution >= 0.6 is 0 Å². The van der Waals surface area contributed by atoms with Gasteiger partial charge in [0, 0.05) is 36.2 Å². The van der Waals surface area contributed by atoms with Crippen molar-refractivity contribution in [2.24, 2.45) is 10.9 Å². The third kappa shape index (κ3) is 3.82. The molecule has 1 aromatic carbocycles. The highest BCUT2D eigenvalue weighted by atomic mass is 19.4. The molecule has 11 heteroatoms. The van der Waals surface area contributed by atoms with Gasteiger partial charge in [-0.15, -0.1) is 0 Å². The number of alkyl halides is 3. The van der Waals surface area contributed by atoms with Crippen LogP contribution in [0.2, 0.25) is 0 Å². The van der Waals surface area contributed by atoms with E-state index in [1.807, 2.05) is 23.1 Å². The van der Waals surface area contributed by atoms with Crippen LogP contribution in [0, 0.1) is 5.92 Å². The number of aliphatic hydroxyl groups excluding tert-OH is 1. The first kappa shape index (κ1) is 24.2. The highest BCUT2D eigenvalue weighted by molar-refractivity contribution is 5.94. The number of ether oxygens (including phenoxy) is 2. The molecule has 202 valence electrons. The second-order valence-corrected chi connectivity index (χ2v) is 10.6. The second-order valence-electron chi connectivity index (χ2n) is 10.6. The summed E-state index contributed by atoms with van der Waals surface area (Å²) in [4.78, 5) is 22.7. The number of nitrogens with zero attached hydrogens (tertiary/aromatic N) is 3. The zero-order valence-electron chi connectivity index (χ0n) is 20.9. The normalized spacial score (nSPS) is 29.9. The third-order valence-electron chi connectivity index (χ3n) is 8.11. The van der Waals surface area contributed by atoms with Gasteiger partial charge < -0.3 is 24.8 Å². The number of nitrogens with one attached hydrogen (secondary N) is 1. The average Bonchev–Trinajstić information content (AvgIpc) is 3.34. The lowest BCUT2D eigenvalue weighted by molar-refractivity contribution is -0.116. The van der Waals surface area contributed by atoms with Crippen molar-refractivity contribution in [3.05, 3.63) is 65.4 Å². The molecule has 1 amide bonds. The molecule has 0 bridgehead atoms. The first-order chi connectivity index (χ1) is 18.7. The highest BCUT2D eigenvalue weighted by Gasteiger charge is 2.64. The van der Waals surface area contributed by atoms with E-state index < -0.39 is 23.3 Å². The lowest BCUT2D eigenvalue weighted by Gasteiger charge is -2.34. The Morgan fingerprint density at radius 3 is 2.90 bits per heavy atom. The largest absolute Gasteiger partial charge is 0.489 e. The molecule has 0 radical (unpaired) electrons. The topological polar surface area (TPSA) is 96.3 Å². The maximum absolute atomic E-state index is 13.5. The number of allylic oxidation sites excluding steroid dienone is 2. The number of pyridine rings is 1. The molecule has 2 aliphatic carbocycles. The number of rotatable bonds is 5. The molecule has 4 heterocycles. The van der Waals surface area contributed by atoms with Crippen LogP contribution in [-0.4, -0.2) is 63.7 Å². The number of hydrogen-bond donors (Lipinski definition) is 2. The fourth-order valence-electron chi connectivity index (χ4n) is 6.30. The van der Waals surface area contributed by atoms with Gasteiger partial charge in [-0.25, -0.2) is 4.98 Å². The summed E-state index contributed by atoms with van der Waals surface area (Å²) in [5.41, 5.74) is -0.0176. The molecule has 39 heavy (non-hydrogen) atoms. The lowest BCUT2D eigenvalue weighted by atomic mass is 9.86. The Morgan fingerprint density at radius 2 is 2.10 bits per heavy atom. The Bertz CT molecular complexity index is 1490. The number of carbonyl (C=O) groups excluding carboxylic acids is 1. The van der Waals surface area contributed by atoms with Gasteiger partial charge in [0.25, 0.3) is 0 Å². The standard InChI is InChI=1S/C28H25F3N4O4/c1-27-13-14(28(29,30)31)2-6-20(27)35(10-11-36)26(34-27)23-22-17-12-15(3-5-18(17)39-24(22)23)38-19-8-9-32-25-16(19)4-7-21(37)33-25/h2-3,5-6,8-9,12-13,20,22-24,36H,4,7,10-11H2,1H3,(H,32,33,37). The van der Waals surface area contributed by atoms with Gasteiger partial charge in [0.1, 0.15) is 40.5 Å². The Hall–Kier alpha value is -3.86. The van der Waals surface area contributed by atoms with Crippen molar-refractivity contribution in [3.63, 3.8) is 0 Å². The van der Waals surface area contributed by atoms with Crippen molar-refractivity contribution in [2.45, 2.75) is 49.5 Å². The molecule has 3 aliphatic heterocycles. The predicted molar refractivity (Wildman–Crippen MR) is 135 cm³/mol. The van der Waals surface area contributed by atoms with E-state index in [4.69, 9.17) is 14.5 Å². The molecule has 7 rings (SSSR count). The molecule has 5 atom stereocenters. The zero-order valence-corrected chi connectivity index (χ0v) is 20.9. The monoisotopic (exact) mass is 538 g/mol. The van der Waals surface area contributed by atoms with Gasteiger partial charge in [-0.2, -0.15) is 13.2 Å². The number of hydrogen-bond acceptors (Lipinski definition) is 7. The van der Waals surface area contributed by atoms with E-state index in [1.165, 1.54) is 12.2 Å². The van der Waals surface area contributed by atoms with E-state index in [-0.39, 0.29) is 37.0 Å². The molecular formula is C28H25F3N4O4. The Labute approximate surface area is 221 Å². The summed E-state index contributed by atoms with van der Waals surface area (Å²) < 4.78 is 52.8. The summed E-state index contributed by atoms with van der Waals surface area (Å²) in [7, 11) is 0. The van der Waals surface area contributed by atoms with Gasteiger partial charge in [0.2, 0.25) is 5.91 Å². The fraction of sp³-hybridized carbons (Fsp3) is 0.393. The molecule has 0 saturated heterocycles. The summed E-state index contributed by atoms with van der Waals surface area (Å²) in [6, 6.07) is 6.95. The number of halogens is 3. The number of aliphatic hydroxyl groups is 1. The van der Waals surface area contributed by atoms with Crippen molar-refractivity contribution in [1.29, 1.82) is 0 Å². The fourth-order valence-corrected chi connectivity index (χ4v) is 6.30. The van der Waals surface area contributed by atoms with E-state index in [0.29, 0.717) is 36.0 Å². The quantitative estimate of drug-likeness (QED) is 0.595. The van der Waals surface area contributed by atoms with Crippen LogP contribution in [0.5, 0.6) is 17.2 Å². The maximum Gasteiger partial charge on any atom is 0.416 e. The second kappa shape index (κ2) is 8.32. The molecular weight excluding hydrogens is 513 g/mol. The number of amides is 1. The first-order valence-electron chi connectivity index (χ1n) is 12.9. The average molecular weight is 539 g/mol. The Balaban J connectivity index is 1.17. The van der Waals surface area contributed by atoms with Crippen LogP contribution in [0.4, 0.5) is 19.0 Å². The summed E-state index contributed by atoms with van der Waals surface area (Å²) in [5.74, 6) is 2.90. The van der Waals surface area contributed by atoms with Crippen molar-refractivity contribution in [3.8, 4) is 17.2 Å². The number of aromatic nitrogens is 1. The summed E-state index contributed by atoms with van der Waals surface area (Å²) in [6.07, 6.45) is 1.66. The summed E-state index contributed by atoms with van der Waals surface area (Å²) >= 11 is 0. The van der Waals surface area contributed by atoms with Crippen LogP contribution in [-0.2, 0) is 11.2 Å². The first-order valence-corrected chi connectivity index (χ1v) is 12.9. The number of benzene rings is 1. The van der Waals surface area contributed by atoms with Crippen LogP contribution in [0.1, 0.15) is 30.4 Å². The summed E-state index contributed by atoms with van der Waals surface area (Å²) in [6.45, 7) is 1.80. The van der Waals surface area contributed by atoms with E-state index in [0.717, 1.165) is 23.0 Å². The number of amidine groups is 1. The van der Waals surface area contributed by atoms with Crippen molar-refractivity contribution >= 4 is 17.6 Å². The molecule has 5 unspecified atom stereocenters. The number of anilines is 1. The van der Waals surface area contributed by atoms with E-state index in [9.17, 15) is 23.1 Å². The molecule has 1 aromatic heterocycles. The number of aliphatic imine (C=N–C) groups is 1. The van der Waals surface area contributed by atoms with Crippen molar-refractivity contribution < 1.29 is 32.5 Å². The Kier molecular flexibility index (Phi) is 5.16. The minimum atomic E-state index is -4.46.